The summed E-state index contributed by atoms with van der Waals surface area (Å²) in [5, 5.41) is 18.4. The lowest BCUT2D eigenvalue weighted by atomic mass is 9.91. The number of para-hydroxylation sites is 1. The summed E-state index contributed by atoms with van der Waals surface area (Å²) in [4.78, 5) is 41.6. The first-order valence-corrected chi connectivity index (χ1v) is 18.1. The van der Waals surface area contributed by atoms with Crippen LogP contribution in [-0.2, 0) is 32.5 Å². The number of β-amino-alcohol motifs (C(OH)–C–C–N with tert-alkyl or cyclic N) is 1. The van der Waals surface area contributed by atoms with Crippen LogP contribution < -0.4 is 20.9 Å². The summed E-state index contributed by atoms with van der Waals surface area (Å²) in [5.74, 6) is -1.40. The quantitative estimate of drug-likeness (QED) is 0.194. The van der Waals surface area contributed by atoms with Gasteiger partial charge in [0.2, 0.25) is 22.1 Å². The Balaban J connectivity index is 1.46. The number of nitrogens with zero attached hydrogens (tertiary/aromatic N) is 1. The Labute approximate surface area is 307 Å². The van der Waals surface area contributed by atoms with Gasteiger partial charge in [0.05, 0.1) is 16.5 Å². The molecule has 53 heavy (non-hydrogen) atoms. The molecule has 4 N–H and O–H groups in total. The zero-order chi connectivity index (χ0) is 38.5. The molecule has 0 saturated carbocycles. The molecule has 3 aromatic carbocycles. The molecule has 3 aromatic rings. The van der Waals surface area contributed by atoms with E-state index in [2.05, 4.69) is 16.0 Å². The van der Waals surface area contributed by atoms with Gasteiger partial charge < -0.3 is 26.0 Å². The molecule has 0 radical (unpaired) electrons. The summed E-state index contributed by atoms with van der Waals surface area (Å²) < 4.78 is 66.6. The van der Waals surface area contributed by atoms with Gasteiger partial charge >= 0.3 is 6.18 Å². The molecule has 0 unspecified atom stereocenters. The number of rotatable bonds is 11. The summed E-state index contributed by atoms with van der Waals surface area (Å²) in [6.07, 6.45) is -2.11. The Morgan fingerprint density at radius 2 is 1.70 bits per heavy atom. The number of carbonyl (C=O) groups excluding carboxylic acids is 3. The topological polar surface area (TPSA) is 145 Å². The van der Waals surface area contributed by atoms with Crippen molar-refractivity contribution in [3.05, 3.63) is 113 Å². The molecule has 0 bridgehead atoms. The first kappa shape index (κ1) is 39.2. The first-order chi connectivity index (χ1) is 25.0. The van der Waals surface area contributed by atoms with E-state index in [1.807, 2.05) is 0 Å². The zero-order valence-corrected chi connectivity index (χ0v) is 30.3. The van der Waals surface area contributed by atoms with Crippen LogP contribution in [0.1, 0.15) is 67.1 Å². The summed E-state index contributed by atoms with van der Waals surface area (Å²) in [5.41, 5.74) is 0.937. The lowest BCUT2D eigenvalue weighted by molar-refractivity contribution is -0.137. The molecule has 14 heteroatoms. The number of benzene rings is 3. The molecule has 0 aromatic heterocycles. The number of halogens is 3. The van der Waals surface area contributed by atoms with Crippen molar-refractivity contribution < 1.29 is 41.1 Å². The molecular formula is C39H41F3N4O6S. The average Bonchev–Trinajstić information content (AvgIpc) is 3.23. The number of alkyl halides is 3. The summed E-state index contributed by atoms with van der Waals surface area (Å²) >= 11 is 0. The van der Waals surface area contributed by atoms with E-state index >= 15 is 0 Å². The number of aryl methyl sites for hydroxylation is 1. The van der Waals surface area contributed by atoms with Crippen LogP contribution >= 0.6 is 0 Å². The van der Waals surface area contributed by atoms with Crippen molar-refractivity contribution in [1.29, 1.82) is 0 Å². The van der Waals surface area contributed by atoms with Crippen molar-refractivity contribution in [2.45, 2.75) is 70.3 Å². The monoisotopic (exact) mass is 750 g/mol. The summed E-state index contributed by atoms with van der Waals surface area (Å²) in [6, 6.07) is 17.3. The highest BCUT2D eigenvalue weighted by molar-refractivity contribution is 7.74. The van der Waals surface area contributed by atoms with Crippen LogP contribution in [0.15, 0.2) is 90.5 Å². The Morgan fingerprint density at radius 3 is 2.38 bits per heavy atom. The molecule has 0 fully saturated rings. The maximum absolute atomic E-state index is 14.2. The van der Waals surface area contributed by atoms with Gasteiger partial charge in [-0.3, -0.25) is 14.4 Å². The van der Waals surface area contributed by atoms with E-state index in [4.69, 9.17) is 0 Å². The van der Waals surface area contributed by atoms with Crippen LogP contribution in [0.2, 0.25) is 0 Å². The third kappa shape index (κ3) is 9.89. The second-order valence-electron chi connectivity index (χ2n) is 13.8. The van der Waals surface area contributed by atoms with Gasteiger partial charge in [0.25, 0.3) is 5.91 Å². The molecule has 0 spiro atoms. The van der Waals surface area contributed by atoms with Crippen molar-refractivity contribution in [2.24, 2.45) is 0 Å². The van der Waals surface area contributed by atoms with Gasteiger partial charge in [-0.15, -0.1) is 0 Å². The van der Waals surface area contributed by atoms with E-state index in [9.17, 15) is 41.1 Å². The smallest absolute Gasteiger partial charge is 0.392 e. The predicted molar refractivity (Wildman–Crippen MR) is 198 cm³/mol. The molecule has 2 atom stereocenters. The first-order valence-electron chi connectivity index (χ1n) is 17.1. The molecule has 10 nitrogen and oxygen atoms in total. The fraction of sp³-hybridized carbons (Fsp3) is 0.333. The van der Waals surface area contributed by atoms with Crippen LogP contribution in [-0.4, -0.2) is 66.9 Å². The van der Waals surface area contributed by atoms with Crippen LogP contribution in [0.25, 0.3) is 5.57 Å². The van der Waals surface area contributed by atoms with Gasteiger partial charge in [0.15, 0.2) is 0 Å². The Morgan fingerprint density at radius 1 is 1.00 bits per heavy atom. The van der Waals surface area contributed by atoms with Gasteiger partial charge in [-0.2, -0.15) is 21.6 Å². The van der Waals surface area contributed by atoms with Crippen LogP contribution in [0, 0.1) is 0 Å². The van der Waals surface area contributed by atoms with Gasteiger partial charge in [-0.25, -0.2) is 0 Å². The van der Waals surface area contributed by atoms with Crippen molar-refractivity contribution in [3.8, 4) is 0 Å². The van der Waals surface area contributed by atoms with Crippen LogP contribution in [0.4, 0.5) is 24.5 Å². The maximum atomic E-state index is 14.2. The molecule has 1 heterocycles. The van der Waals surface area contributed by atoms with Gasteiger partial charge in [0.1, 0.15) is 6.04 Å². The summed E-state index contributed by atoms with van der Waals surface area (Å²) in [7, 11) is -2.73. The highest BCUT2D eigenvalue weighted by Crippen LogP contribution is 2.37. The lowest BCUT2D eigenvalue weighted by Crippen LogP contribution is -2.51. The fourth-order valence-corrected chi connectivity index (χ4v) is 7.01. The van der Waals surface area contributed by atoms with E-state index in [1.165, 1.54) is 11.0 Å². The average molecular weight is 751 g/mol. The molecular weight excluding hydrogens is 710 g/mol. The van der Waals surface area contributed by atoms with E-state index in [-0.39, 0.29) is 60.8 Å². The third-order valence-corrected chi connectivity index (χ3v) is 9.78. The maximum Gasteiger partial charge on any atom is 0.416 e. The lowest BCUT2D eigenvalue weighted by Gasteiger charge is -2.30. The van der Waals surface area contributed by atoms with E-state index in [0.717, 1.165) is 12.1 Å². The van der Waals surface area contributed by atoms with Gasteiger partial charge in [-0.1, -0.05) is 48.6 Å². The van der Waals surface area contributed by atoms with Crippen molar-refractivity contribution in [1.82, 2.24) is 10.6 Å². The second-order valence-corrected chi connectivity index (χ2v) is 14.8. The number of hydrogen-bond donors (Lipinski definition) is 4. The van der Waals surface area contributed by atoms with E-state index in [1.54, 1.807) is 87.5 Å². The number of nitrogens with one attached hydrogen (secondary N) is 3. The van der Waals surface area contributed by atoms with E-state index in [0.29, 0.717) is 28.0 Å². The van der Waals surface area contributed by atoms with Crippen molar-refractivity contribution >= 4 is 49.8 Å². The number of fused-ring (bicyclic) bond motifs is 1. The zero-order valence-electron chi connectivity index (χ0n) is 29.5. The molecule has 0 saturated heterocycles. The number of hydrogen-bond acceptors (Lipinski definition) is 7. The Kier molecular flexibility index (Phi) is 12.1. The predicted octanol–water partition coefficient (Wildman–Crippen LogP) is 5.33. The molecule has 280 valence electrons. The number of allylic oxidation sites excluding steroid dienone is 3. The van der Waals surface area contributed by atoms with Crippen LogP contribution in [0.3, 0.4) is 0 Å². The minimum atomic E-state index is -4.62. The minimum Gasteiger partial charge on any atom is -0.392 e. The fourth-order valence-electron chi connectivity index (χ4n) is 6.35. The minimum absolute atomic E-state index is 0.00407. The molecule has 1 aliphatic carbocycles. The Hall–Kier alpha value is -5.05. The molecule has 1 aliphatic heterocycles. The number of carbonyl (C=O) groups is 3. The second kappa shape index (κ2) is 16.3. The van der Waals surface area contributed by atoms with Gasteiger partial charge in [-0.05, 0) is 81.1 Å². The van der Waals surface area contributed by atoms with Crippen molar-refractivity contribution in [2.75, 3.05) is 23.3 Å². The SMILES string of the molecule is C[C@@H](O)CNC(C)(C)CC(=O)N[C@@H]1CCc2cc(C(F)(F)F)ccc2N(CC2=CC=C(c3ccccc3NC(=O)c3ccccc3)C(=S(=O)=O)C2)C1=O. The molecule has 5 rings (SSSR count). The normalized spacial score (nSPS) is 16.9. The van der Waals surface area contributed by atoms with E-state index < -0.39 is 51.5 Å². The number of amides is 3. The molecule has 3 amide bonds. The number of aliphatic hydroxyl groups excluding tert-OH is 1. The number of anilines is 2. The largest absolute Gasteiger partial charge is 0.416 e. The molecule has 2 aliphatic rings. The highest BCUT2D eigenvalue weighted by Gasteiger charge is 2.36. The number of aliphatic hydroxyl groups is 1. The van der Waals surface area contributed by atoms with Gasteiger partial charge in [0, 0.05) is 59.5 Å². The third-order valence-electron chi connectivity index (χ3n) is 9.02. The van der Waals surface area contributed by atoms with Crippen LogP contribution in [0.5, 0.6) is 0 Å². The highest BCUT2D eigenvalue weighted by atomic mass is 32.2. The van der Waals surface area contributed by atoms with Crippen molar-refractivity contribution in [3.63, 3.8) is 0 Å². The standard InChI is InChI=1S/C39H41F3N4O6S/c1-24(47)22-43-38(2,3)21-35(48)44-32-17-14-27-20-28(39(40,41)42)15-18-33(27)46(37(32)50)23-25-13-16-30(34(19-25)53(51)52)29-11-7-8-12-31(29)45-36(49)26-9-5-4-6-10-26/h4-13,15-16,18,20,24,32,43,47H,14,17,19,21-23H2,1-3H3,(H,44,48)(H,45,49)/t24-,32-/m1/s1. The Bertz CT molecular complexity index is 2080. The summed E-state index contributed by atoms with van der Waals surface area (Å²) in [6.45, 7) is 5.21.